The summed E-state index contributed by atoms with van der Waals surface area (Å²) in [6.45, 7) is 8.06. The Morgan fingerprint density at radius 3 is 2.80 bits per heavy atom. The Morgan fingerprint density at radius 2 is 2.20 bits per heavy atom. The van der Waals surface area contributed by atoms with Crippen molar-refractivity contribution in [2.24, 2.45) is 0 Å². The third-order valence-corrected chi connectivity index (χ3v) is 4.40. The largest absolute Gasteiger partial charge is 0.383 e. The summed E-state index contributed by atoms with van der Waals surface area (Å²) in [5.41, 5.74) is 2.61. The van der Waals surface area contributed by atoms with Crippen LogP contribution in [-0.2, 0) is 11.3 Å². The number of hydrogen-bond donors (Lipinski definition) is 1. The van der Waals surface area contributed by atoms with Crippen molar-refractivity contribution in [1.82, 2.24) is 5.32 Å². The van der Waals surface area contributed by atoms with Crippen molar-refractivity contribution in [2.75, 3.05) is 31.7 Å². The molecule has 1 aliphatic rings. The smallest absolute Gasteiger partial charge is 0.0587 e. The van der Waals surface area contributed by atoms with Gasteiger partial charge in [0.05, 0.1) is 6.61 Å². The Balaban J connectivity index is 2.02. The fourth-order valence-corrected chi connectivity index (χ4v) is 3.07. The summed E-state index contributed by atoms with van der Waals surface area (Å²) in [5, 5.41) is 4.17. The first-order valence-electron chi connectivity index (χ1n) is 7.30. The van der Waals surface area contributed by atoms with Crippen molar-refractivity contribution in [3.8, 4) is 0 Å². The van der Waals surface area contributed by atoms with Gasteiger partial charge in [-0.15, -0.1) is 0 Å². The lowest BCUT2D eigenvalue weighted by Gasteiger charge is -2.34. The van der Waals surface area contributed by atoms with E-state index in [1.165, 1.54) is 18.5 Å². The van der Waals surface area contributed by atoms with E-state index in [4.69, 9.17) is 16.3 Å². The molecule has 0 amide bonds. The highest BCUT2D eigenvalue weighted by Gasteiger charge is 2.32. The first-order valence-corrected chi connectivity index (χ1v) is 7.68. The van der Waals surface area contributed by atoms with Crippen molar-refractivity contribution >= 4 is 17.3 Å². The highest BCUT2D eigenvalue weighted by atomic mass is 35.5. The number of anilines is 1. The minimum atomic E-state index is 0.238. The van der Waals surface area contributed by atoms with Crippen LogP contribution in [0.15, 0.2) is 18.2 Å². The summed E-state index contributed by atoms with van der Waals surface area (Å²) < 4.78 is 5.02. The number of benzene rings is 1. The van der Waals surface area contributed by atoms with Gasteiger partial charge in [0.15, 0.2) is 0 Å². The van der Waals surface area contributed by atoms with Gasteiger partial charge in [0, 0.05) is 43.0 Å². The molecule has 0 aliphatic carbocycles. The molecule has 1 N–H and O–H groups in total. The van der Waals surface area contributed by atoms with Crippen molar-refractivity contribution in [2.45, 2.75) is 38.8 Å². The maximum absolute atomic E-state index is 6.42. The topological polar surface area (TPSA) is 24.5 Å². The van der Waals surface area contributed by atoms with Crippen LogP contribution in [0.2, 0.25) is 5.02 Å². The third kappa shape index (κ3) is 3.66. The lowest BCUT2D eigenvalue weighted by Crippen LogP contribution is -2.38. The van der Waals surface area contributed by atoms with Crippen molar-refractivity contribution in [3.63, 3.8) is 0 Å². The molecule has 20 heavy (non-hydrogen) atoms. The molecule has 3 nitrogen and oxygen atoms in total. The van der Waals surface area contributed by atoms with Crippen LogP contribution < -0.4 is 10.2 Å². The van der Waals surface area contributed by atoms with Crippen LogP contribution in [-0.4, -0.2) is 32.3 Å². The molecule has 0 unspecified atom stereocenters. The number of methoxy groups -OCH3 is 1. The van der Waals surface area contributed by atoms with Crippen LogP contribution in [0, 0.1) is 0 Å². The summed E-state index contributed by atoms with van der Waals surface area (Å²) in [7, 11) is 1.71. The highest BCUT2D eigenvalue weighted by molar-refractivity contribution is 6.31. The Kier molecular flexibility index (Phi) is 5.30. The molecule has 2 rings (SSSR count). The maximum atomic E-state index is 6.42. The van der Waals surface area contributed by atoms with Gasteiger partial charge in [-0.2, -0.15) is 0 Å². The average Bonchev–Trinajstić information content (AvgIpc) is 2.76. The molecule has 112 valence electrons. The van der Waals surface area contributed by atoms with E-state index in [-0.39, 0.29) is 5.54 Å². The molecular weight excluding hydrogens is 272 g/mol. The van der Waals surface area contributed by atoms with E-state index in [9.17, 15) is 0 Å². The Bertz CT molecular complexity index is 448. The number of rotatable bonds is 6. The Morgan fingerprint density at radius 1 is 1.40 bits per heavy atom. The first kappa shape index (κ1) is 15.6. The lowest BCUT2D eigenvalue weighted by atomic mass is 10.0. The molecule has 0 aromatic heterocycles. The van der Waals surface area contributed by atoms with E-state index in [2.05, 4.69) is 42.3 Å². The number of ether oxygens (including phenoxy) is 1. The summed E-state index contributed by atoms with van der Waals surface area (Å²) in [4.78, 5) is 2.46. The van der Waals surface area contributed by atoms with Gasteiger partial charge in [0.25, 0.3) is 0 Å². The van der Waals surface area contributed by atoms with Gasteiger partial charge in [-0.05, 0) is 44.4 Å². The minimum Gasteiger partial charge on any atom is -0.383 e. The summed E-state index contributed by atoms with van der Waals surface area (Å²) >= 11 is 6.42. The molecular formula is C16H25ClN2O. The van der Waals surface area contributed by atoms with Crippen LogP contribution in [0.25, 0.3) is 0 Å². The summed E-state index contributed by atoms with van der Waals surface area (Å²) in [5.74, 6) is 0. The van der Waals surface area contributed by atoms with Crippen LogP contribution in [0.5, 0.6) is 0 Å². The highest BCUT2D eigenvalue weighted by Crippen LogP contribution is 2.35. The predicted octanol–water partition coefficient (Wildman–Crippen LogP) is 3.45. The first-order chi connectivity index (χ1) is 9.54. The number of nitrogens with zero attached hydrogens (tertiary/aromatic N) is 1. The molecule has 0 saturated carbocycles. The monoisotopic (exact) mass is 296 g/mol. The zero-order chi connectivity index (χ0) is 14.6. The molecule has 0 spiro atoms. The van der Waals surface area contributed by atoms with E-state index in [1.807, 2.05) is 0 Å². The van der Waals surface area contributed by atoms with Gasteiger partial charge in [0.2, 0.25) is 0 Å². The predicted molar refractivity (Wildman–Crippen MR) is 85.7 cm³/mol. The molecule has 0 atom stereocenters. The molecule has 0 radical (unpaired) electrons. The summed E-state index contributed by atoms with van der Waals surface area (Å²) in [6.07, 6.45) is 2.50. The van der Waals surface area contributed by atoms with Crippen molar-refractivity contribution in [1.29, 1.82) is 0 Å². The SMILES string of the molecule is COCCNCc1ccc(N2CCCC2(C)C)cc1Cl. The summed E-state index contributed by atoms with van der Waals surface area (Å²) in [6, 6.07) is 6.42. The zero-order valence-electron chi connectivity index (χ0n) is 12.7. The van der Waals surface area contributed by atoms with Gasteiger partial charge >= 0.3 is 0 Å². The van der Waals surface area contributed by atoms with Gasteiger partial charge in [-0.3, -0.25) is 0 Å². The molecule has 0 bridgehead atoms. The van der Waals surface area contributed by atoms with Crippen LogP contribution in [0.4, 0.5) is 5.69 Å². The molecule has 1 fully saturated rings. The van der Waals surface area contributed by atoms with E-state index in [0.29, 0.717) is 0 Å². The second-order valence-corrected chi connectivity index (χ2v) is 6.42. The standard InChI is InChI=1S/C16H25ClN2O/c1-16(2)7-4-9-19(16)14-6-5-13(15(17)11-14)12-18-8-10-20-3/h5-6,11,18H,4,7-10,12H2,1-3H3. The Labute approximate surface area is 127 Å². The van der Waals surface area contributed by atoms with E-state index in [1.54, 1.807) is 7.11 Å². The van der Waals surface area contributed by atoms with E-state index < -0.39 is 0 Å². The number of nitrogens with one attached hydrogen (secondary N) is 1. The van der Waals surface area contributed by atoms with Crippen LogP contribution >= 0.6 is 11.6 Å². The molecule has 1 aromatic rings. The van der Waals surface area contributed by atoms with E-state index >= 15 is 0 Å². The second-order valence-electron chi connectivity index (χ2n) is 6.01. The normalized spacial score (nSPS) is 17.7. The third-order valence-electron chi connectivity index (χ3n) is 4.05. The van der Waals surface area contributed by atoms with Crippen LogP contribution in [0.3, 0.4) is 0 Å². The van der Waals surface area contributed by atoms with Gasteiger partial charge < -0.3 is 15.0 Å². The number of hydrogen-bond acceptors (Lipinski definition) is 3. The molecule has 1 aromatic carbocycles. The average molecular weight is 297 g/mol. The molecule has 1 heterocycles. The second kappa shape index (κ2) is 6.79. The Hall–Kier alpha value is -0.770. The van der Waals surface area contributed by atoms with Gasteiger partial charge in [-0.1, -0.05) is 17.7 Å². The van der Waals surface area contributed by atoms with Gasteiger partial charge in [0.1, 0.15) is 0 Å². The lowest BCUT2D eigenvalue weighted by molar-refractivity contribution is 0.199. The molecule has 1 aliphatic heterocycles. The molecule has 1 saturated heterocycles. The fourth-order valence-electron chi connectivity index (χ4n) is 2.83. The quantitative estimate of drug-likeness (QED) is 0.814. The van der Waals surface area contributed by atoms with Crippen molar-refractivity contribution in [3.05, 3.63) is 28.8 Å². The minimum absolute atomic E-state index is 0.238. The fraction of sp³-hybridized carbons (Fsp3) is 0.625. The number of halogens is 1. The van der Waals surface area contributed by atoms with Crippen molar-refractivity contribution < 1.29 is 4.74 Å². The maximum Gasteiger partial charge on any atom is 0.0587 e. The van der Waals surface area contributed by atoms with Crippen LogP contribution in [0.1, 0.15) is 32.3 Å². The molecule has 4 heteroatoms. The zero-order valence-corrected chi connectivity index (χ0v) is 13.5. The van der Waals surface area contributed by atoms with E-state index in [0.717, 1.165) is 36.8 Å². The van der Waals surface area contributed by atoms with Gasteiger partial charge in [-0.25, -0.2) is 0 Å².